The Morgan fingerprint density at radius 3 is 2.50 bits per heavy atom. The van der Waals surface area contributed by atoms with Gasteiger partial charge in [0.05, 0.1) is 5.01 Å². The maximum atomic E-state index is 11.8. The summed E-state index contributed by atoms with van der Waals surface area (Å²) in [6, 6.07) is 7.04. The predicted octanol–water partition coefficient (Wildman–Crippen LogP) is 1.64. The number of aryl methyl sites for hydroxylation is 1. The fraction of sp³-hybridized carbons (Fsp3) is 0.278. The topological polar surface area (TPSA) is 71.1 Å². The molecule has 1 heterocycles. The summed E-state index contributed by atoms with van der Waals surface area (Å²) in [7, 11) is 1.55. The molecule has 5 nitrogen and oxygen atoms in total. The molecule has 0 saturated carbocycles. The van der Waals surface area contributed by atoms with Crippen molar-refractivity contribution in [2.24, 2.45) is 0 Å². The van der Waals surface area contributed by atoms with Gasteiger partial charge in [-0.15, -0.1) is 11.3 Å². The van der Waals surface area contributed by atoms with Crippen molar-refractivity contribution in [1.29, 1.82) is 0 Å². The van der Waals surface area contributed by atoms with Crippen LogP contribution in [0.25, 0.3) is 0 Å². The maximum Gasteiger partial charge on any atom is 0.242 e. The predicted molar refractivity (Wildman–Crippen MR) is 94.6 cm³/mol. The second kappa shape index (κ2) is 8.27. The second-order valence-corrected chi connectivity index (χ2v) is 6.33. The third-order valence-electron chi connectivity index (χ3n) is 3.29. The van der Waals surface area contributed by atoms with E-state index in [4.69, 9.17) is 0 Å². The van der Waals surface area contributed by atoms with Gasteiger partial charge >= 0.3 is 0 Å². The van der Waals surface area contributed by atoms with Crippen LogP contribution >= 0.6 is 11.3 Å². The molecule has 0 spiro atoms. The molecule has 24 heavy (non-hydrogen) atoms. The lowest BCUT2D eigenvalue weighted by atomic mass is 10.0. The number of hydrogen-bond donors (Lipinski definition) is 2. The number of nitrogens with one attached hydrogen (secondary N) is 2. The summed E-state index contributed by atoms with van der Waals surface area (Å²) in [5, 5.41) is 8.14. The average molecular weight is 341 g/mol. The highest BCUT2D eigenvalue weighted by Gasteiger charge is 2.18. The van der Waals surface area contributed by atoms with Gasteiger partial charge in [-0.2, -0.15) is 0 Å². The van der Waals surface area contributed by atoms with Gasteiger partial charge in [0.2, 0.25) is 11.8 Å². The summed E-state index contributed by atoms with van der Waals surface area (Å²) in [5.41, 5.74) is 2.60. The minimum atomic E-state index is -0.581. The van der Waals surface area contributed by atoms with Crippen LogP contribution in [0.15, 0.2) is 29.6 Å². The lowest BCUT2D eigenvalue weighted by Crippen LogP contribution is -2.46. The number of rotatable bonds is 4. The minimum absolute atomic E-state index is 0.215. The molecule has 1 aromatic carbocycles. The molecule has 0 saturated heterocycles. The zero-order valence-corrected chi connectivity index (χ0v) is 14.7. The van der Waals surface area contributed by atoms with Crippen LogP contribution in [0.5, 0.6) is 0 Å². The zero-order chi connectivity index (χ0) is 17.5. The van der Waals surface area contributed by atoms with Crippen LogP contribution in [0.2, 0.25) is 0 Å². The molecule has 2 N–H and O–H groups in total. The van der Waals surface area contributed by atoms with Crippen molar-refractivity contribution in [2.45, 2.75) is 26.3 Å². The van der Waals surface area contributed by atoms with Crippen LogP contribution < -0.4 is 10.6 Å². The number of nitrogens with zero attached hydrogens (tertiary/aromatic N) is 1. The van der Waals surface area contributed by atoms with Crippen molar-refractivity contribution in [3.05, 3.63) is 51.5 Å². The van der Waals surface area contributed by atoms with Gasteiger partial charge in [0.25, 0.3) is 0 Å². The summed E-state index contributed by atoms with van der Waals surface area (Å²) < 4.78 is 0. The average Bonchev–Trinajstić information content (AvgIpc) is 2.98. The maximum absolute atomic E-state index is 11.8. The number of hydrogen-bond acceptors (Lipinski definition) is 4. The van der Waals surface area contributed by atoms with Gasteiger partial charge in [-0.25, -0.2) is 4.98 Å². The van der Waals surface area contributed by atoms with Gasteiger partial charge in [-0.1, -0.05) is 18.1 Å². The van der Waals surface area contributed by atoms with Crippen molar-refractivity contribution in [2.75, 3.05) is 7.05 Å². The molecular weight excluding hydrogens is 322 g/mol. The molecule has 0 aliphatic rings. The first-order valence-electron chi connectivity index (χ1n) is 7.49. The summed E-state index contributed by atoms with van der Waals surface area (Å²) in [4.78, 5) is 27.4. The molecule has 6 heteroatoms. The Morgan fingerprint density at radius 1 is 1.25 bits per heavy atom. The van der Waals surface area contributed by atoms with Crippen LogP contribution in [-0.4, -0.2) is 29.9 Å². The van der Waals surface area contributed by atoms with E-state index < -0.39 is 6.04 Å². The monoisotopic (exact) mass is 341 g/mol. The number of amides is 2. The van der Waals surface area contributed by atoms with Gasteiger partial charge in [0.1, 0.15) is 11.7 Å². The van der Waals surface area contributed by atoms with E-state index in [1.54, 1.807) is 18.4 Å². The van der Waals surface area contributed by atoms with E-state index in [9.17, 15) is 9.59 Å². The number of carbonyl (C=O) groups is 2. The third-order valence-corrected chi connectivity index (χ3v) is 4.06. The van der Waals surface area contributed by atoms with Gasteiger partial charge in [0.15, 0.2) is 0 Å². The van der Waals surface area contributed by atoms with Gasteiger partial charge in [0, 0.05) is 31.3 Å². The Morgan fingerprint density at radius 2 is 1.96 bits per heavy atom. The first-order chi connectivity index (χ1) is 11.5. The molecule has 0 bridgehead atoms. The summed E-state index contributed by atoms with van der Waals surface area (Å²) in [6.45, 7) is 3.34. The normalized spacial score (nSPS) is 11.1. The molecule has 2 rings (SSSR count). The number of carbonyl (C=O) groups excluding carboxylic acids is 2. The molecule has 0 aliphatic heterocycles. The first kappa shape index (κ1) is 17.7. The Kier molecular flexibility index (Phi) is 6.10. The number of thiazole rings is 1. The summed E-state index contributed by atoms with van der Waals surface area (Å²) in [5.74, 6) is 5.64. The minimum Gasteiger partial charge on any atom is -0.357 e. The van der Waals surface area contributed by atoms with Crippen molar-refractivity contribution in [3.8, 4) is 11.8 Å². The molecule has 0 radical (unpaired) electrons. The zero-order valence-electron chi connectivity index (χ0n) is 13.8. The van der Waals surface area contributed by atoms with E-state index >= 15 is 0 Å². The lowest BCUT2D eigenvalue weighted by Gasteiger charge is -2.16. The van der Waals surface area contributed by atoms with Crippen LogP contribution in [0.1, 0.15) is 28.8 Å². The molecular formula is C18H19N3O2S. The molecule has 0 fully saturated rings. The van der Waals surface area contributed by atoms with Crippen LogP contribution in [0.3, 0.4) is 0 Å². The lowest BCUT2D eigenvalue weighted by molar-refractivity contribution is -0.127. The fourth-order valence-corrected chi connectivity index (χ4v) is 2.69. The number of likely N-dealkylation sites (N-methyl/N-ethyl adjacent to an activating group) is 1. The molecule has 2 amide bonds. The van der Waals surface area contributed by atoms with Crippen molar-refractivity contribution >= 4 is 23.2 Å². The standard InChI is InChI=1S/C18H19N3O2S/c1-12(22)20-17(18(23)19-3)10-15-6-4-14(5-7-15)8-9-16-11-24-13(2)21-16/h4-7,11,17H,10H2,1-3H3,(H,19,23)(H,20,22). The highest BCUT2D eigenvalue weighted by molar-refractivity contribution is 7.09. The summed E-state index contributed by atoms with van der Waals surface area (Å²) in [6.07, 6.45) is 0.429. The van der Waals surface area contributed by atoms with Gasteiger partial charge in [-0.3, -0.25) is 9.59 Å². The van der Waals surface area contributed by atoms with E-state index in [1.807, 2.05) is 36.6 Å². The highest BCUT2D eigenvalue weighted by Crippen LogP contribution is 2.09. The van der Waals surface area contributed by atoms with Gasteiger partial charge < -0.3 is 10.6 Å². The molecule has 0 aliphatic carbocycles. The van der Waals surface area contributed by atoms with E-state index in [-0.39, 0.29) is 11.8 Å². The van der Waals surface area contributed by atoms with Crippen molar-refractivity contribution in [1.82, 2.24) is 15.6 Å². The van der Waals surface area contributed by atoms with E-state index in [0.717, 1.165) is 21.8 Å². The molecule has 1 atom stereocenters. The SMILES string of the molecule is CNC(=O)C(Cc1ccc(C#Cc2csc(C)n2)cc1)NC(C)=O. The smallest absolute Gasteiger partial charge is 0.242 e. The Labute approximate surface area is 145 Å². The number of aromatic nitrogens is 1. The molecule has 1 aromatic heterocycles. The second-order valence-electron chi connectivity index (χ2n) is 5.27. The third kappa shape index (κ3) is 5.21. The van der Waals surface area contributed by atoms with Crippen molar-refractivity contribution in [3.63, 3.8) is 0 Å². The summed E-state index contributed by atoms with van der Waals surface area (Å²) >= 11 is 1.57. The fourth-order valence-electron chi connectivity index (χ4n) is 2.15. The van der Waals surface area contributed by atoms with E-state index in [0.29, 0.717) is 6.42 Å². The molecule has 1 unspecified atom stereocenters. The van der Waals surface area contributed by atoms with Crippen LogP contribution in [0.4, 0.5) is 0 Å². The van der Waals surface area contributed by atoms with E-state index in [1.165, 1.54) is 6.92 Å². The van der Waals surface area contributed by atoms with Crippen LogP contribution in [0, 0.1) is 18.8 Å². The largest absolute Gasteiger partial charge is 0.357 e. The molecule has 2 aromatic rings. The Balaban J connectivity index is 2.06. The number of benzene rings is 1. The van der Waals surface area contributed by atoms with Crippen molar-refractivity contribution < 1.29 is 9.59 Å². The Bertz CT molecular complexity index is 785. The highest BCUT2D eigenvalue weighted by atomic mass is 32.1. The van der Waals surface area contributed by atoms with Crippen LogP contribution in [-0.2, 0) is 16.0 Å². The van der Waals surface area contributed by atoms with E-state index in [2.05, 4.69) is 27.5 Å². The quantitative estimate of drug-likeness (QED) is 0.831. The molecule has 124 valence electrons. The first-order valence-corrected chi connectivity index (χ1v) is 8.37. The Hall–Kier alpha value is -2.65. The van der Waals surface area contributed by atoms with Gasteiger partial charge in [-0.05, 0) is 30.5 Å².